The predicted octanol–water partition coefficient (Wildman–Crippen LogP) is 4.21. The molecular weight excluding hydrogens is 677 g/mol. The first-order valence-corrected chi connectivity index (χ1v) is 20.0. The highest BCUT2D eigenvalue weighted by Gasteiger charge is 2.49. The molecule has 5 N–H and O–H groups in total. The summed E-state index contributed by atoms with van der Waals surface area (Å²) in [6.45, 7) is 3.53. The van der Waals surface area contributed by atoms with Crippen molar-refractivity contribution < 1.29 is 41.2 Å². The summed E-state index contributed by atoms with van der Waals surface area (Å²) in [5.41, 5.74) is 0.457. The van der Waals surface area contributed by atoms with E-state index in [4.69, 9.17) is 4.55 Å². The Bertz CT molecular complexity index is 1820. The molecule has 1 aliphatic rings. The first-order valence-electron chi connectivity index (χ1n) is 15.7. The number of aromatic hydroxyl groups is 1. The summed E-state index contributed by atoms with van der Waals surface area (Å²) in [5, 5.41) is 27.4. The summed E-state index contributed by atoms with van der Waals surface area (Å²) in [6.07, 6.45) is 1.68. The number of carbonyl (C=O) groups is 2. The van der Waals surface area contributed by atoms with Crippen LogP contribution in [0.2, 0.25) is 0 Å². The zero-order chi connectivity index (χ0) is 35.1. The maximum Gasteiger partial charge on any atom is 0.266 e. The molecule has 3 aromatic rings. The molecule has 2 amide bonds. The van der Waals surface area contributed by atoms with Gasteiger partial charge in [-0.15, -0.1) is 11.8 Å². The fourth-order valence-electron chi connectivity index (χ4n) is 6.24. The molecule has 0 aromatic heterocycles. The quantitative estimate of drug-likeness (QED) is 0.119. The van der Waals surface area contributed by atoms with Crippen LogP contribution in [0.4, 0.5) is 0 Å². The number of para-hydroxylation sites is 1. The van der Waals surface area contributed by atoms with Crippen molar-refractivity contribution in [2.45, 2.75) is 67.4 Å². The number of benzene rings is 3. The first-order chi connectivity index (χ1) is 22.7. The van der Waals surface area contributed by atoms with Gasteiger partial charge in [0.05, 0.1) is 28.3 Å². The summed E-state index contributed by atoms with van der Waals surface area (Å²) in [5.74, 6) is -3.40. The molecule has 0 spiro atoms. The highest BCUT2D eigenvalue weighted by Crippen LogP contribution is 2.49. The van der Waals surface area contributed by atoms with Crippen molar-refractivity contribution in [1.82, 2.24) is 10.6 Å². The number of phenolic OH excluding ortho intramolecular Hbond substituents is 1. The van der Waals surface area contributed by atoms with Crippen LogP contribution in [0.1, 0.15) is 68.2 Å². The summed E-state index contributed by atoms with van der Waals surface area (Å²) >= 11 is 1.11. The molecule has 0 aliphatic carbocycles. The Morgan fingerprint density at radius 2 is 1.73 bits per heavy atom. The zero-order valence-corrected chi connectivity index (χ0v) is 29.3. The van der Waals surface area contributed by atoms with Crippen molar-refractivity contribution in [2.75, 3.05) is 23.8 Å². The third-order valence-corrected chi connectivity index (χ3v) is 12.5. The number of sulfone groups is 1. The minimum absolute atomic E-state index is 0.0811. The fraction of sp³-hybridized carbons (Fsp3) is 0.412. The van der Waals surface area contributed by atoms with Gasteiger partial charge in [0.2, 0.25) is 11.8 Å². The van der Waals surface area contributed by atoms with Crippen molar-refractivity contribution in [1.29, 1.82) is 0 Å². The Hall–Kier alpha value is -3.43. The van der Waals surface area contributed by atoms with Gasteiger partial charge in [0.25, 0.3) is 10.1 Å². The van der Waals surface area contributed by atoms with E-state index in [0.717, 1.165) is 30.2 Å². The molecule has 0 radical (unpaired) electrons. The van der Waals surface area contributed by atoms with Gasteiger partial charge in [-0.05, 0) is 48.2 Å². The van der Waals surface area contributed by atoms with E-state index in [1.165, 1.54) is 24.3 Å². The number of carbonyl (C=O) groups excluding carboxylic acids is 2. The SMILES string of the molecule is CCCCC1(CC)CS(=O)(=O)c2ccc(SCC(=O)N[C@@H](C(=O)NCCS(=O)(=O)O)c3ccccc3O)cc2C(c2ccccc2)C1O. The molecule has 11 nitrogen and oxygen atoms in total. The first kappa shape index (κ1) is 37.4. The molecule has 1 aliphatic heterocycles. The van der Waals surface area contributed by atoms with Crippen LogP contribution in [0.15, 0.2) is 82.6 Å². The Kier molecular flexibility index (Phi) is 12.3. The van der Waals surface area contributed by atoms with Crippen LogP contribution in [0.5, 0.6) is 5.75 Å². The second-order valence-corrected chi connectivity index (χ2v) is 16.6. The van der Waals surface area contributed by atoms with Gasteiger partial charge in [0.15, 0.2) is 9.84 Å². The largest absolute Gasteiger partial charge is 0.508 e. The molecule has 48 heavy (non-hydrogen) atoms. The number of nitrogens with one attached hydrogen (secondary N) is 2. The van der Waals surface area contributed by atoms with Crippen molar-refractivity contribution >= 4 is 43.5 Å². The van der Waals surface area contributed by atoms with E-state index in [9.17, 15) is 36.6 Å². The van der Waals surface area contributed by atoms with Gasteiger partial charge in [-0.2, -0.15) is 8.42 Å². The molecule has 3 unspecified atom stereocenters. The number of amides is 2. The Balaban J connectivity index is 1.62. The van der Waals surface area contributed by atoms with Gasteiger partial charge in [-0.25, -0.2) is 8.42 Å². The summed E-state index contributed by atoms with van der Waals surface area (Å²) < 4.78 is 59.0. The second-order valence-electron chi connectivity index (χ2n) is 12.0. The predicted molar refractivity (Wildman–Crippen MR) is 184 cm³/mol. The normalized spacial score (nSPS) is 21.0. The van der Waals surface area contributed by atoms with E-state index in [1.807, 2.05) is 44.2 Å². The minimum Gasteiger partial charge on any atom is -0.508 e. The molecule has 14 heteroatoms. The van der Waals surface area contributed by atoms with Crippen molar-refractivity contribution in [3.8, 4) is 5.75 Å². The number of fused-ring (bicyclic) bond motifs is 1. The second kappa shape index (κ2) is 15.9. The van der Waals surface area contributed by atoms with Gasteiger partial charge in [0.1, 0.15) is 11.8 Å². The average molecular weight is 719 g/mol. The van der Waals surface area contributed by atoms with Crippen molar-refractivity contribution in [3.63, 3.8) is 0 Å². The van der Waals surface area contributed by atoms with Gasteiger partial charge in [0, 0.05) is 28.3 Å². The standard InChI is InChI=1S/C34H42N2O9S3/c1-3-5-17-34(4-2)22-47(41,42)28-16-15-24(20-26(28)30(32(34)39)23-11-7-6-8-12-23)46-21-29(38)36-31(25-13-9-10-14-27(25)37)33(40)35-18-19-48(43,44)45/h6-16,20,30-32,37,39H,3-5,17-19,21-22H2,1-2H3,(H,35,40)(H,36,38)(H,43,44,45)/t30?,31-,32?,34?/m1/s1. The van der Waals surface area contributed by atoms with E-state index in [2.05, 4.69) is 10.6 Å². The van der Waals surface area contributed by atoms with Gasteiger partial charge in [-0.3, -0.25) is 14.1 Å². The van der Waals surface area contributed by atoms with Crippen LogP contribution >= 0.6 is 11.8 Å². The van der Waals surface area contributed by atoms with E-state index in [1.54, 1.807) is 18.2 Å². The molecule has 0 saturated heterocycles. The fourth-order valence-corrected chi connectivity index (χ4v) is 9.61. The lowest BCUT2D eigenvalue weighted by Crippen LogP contribution is -2.42. The van der Waals surface area contributed by atoms with Gasteiger partial charge < -0.3 is 20.8 Å². The van der Waals surface area contributed by atoms with Crippen LogP contribution in [0.25, 0.3) is 0 Å². The lowest BCUT2D eigenvalue weighted by atomic mass is 9.69. The molecule has 3 aromatic carbocycles. The smallest absolute Gasteiger partial charge is 0.266 e. The Labute approximate surface area is 286 Å². The maximum absolute atomic E-state index is 13.9. The maximum atomic E-state index is 13.9. The summed E-state index contributed by atoms with van der Waals surface area (Å²) in [7, 11) is -8.14. The van der Waals surface area contributed by atoms with Gasteiger partial charge in [-0.1, -0.05) is 75.2 Å². The molecule has 4 atom stereocenters. The lowest BCUT2D eigenvalue weighted by Gasteiger charge is -2.39. The summed E-state index contributed by atoms with van der Waals surface area (Å²) in [4.78, 5) is 26.9. The third-order valence-electron chi connectivity index (χ3n) is 8.81. The molecule has 4 rings (SSSR count). The van der Waals surface area contributed by atoms with E-state index < -0.39 is 67.5 Å². The zero-order valence-electron chi connectivity index (χ0n) is 26.8. The number of aliphatic hydroxyl groups is 1. The third kappa shape index (κ3) is 8.97. The average Bonchev–Trinajstić information content (AvgIpc) is 3.11. The van der Waals surface area contributed by atoms with E-state index in [-0.39, 0.29) is 27.7 Å². The molecule has 0 bridgehead atoms. The topological polar surface area (TPSA) is 187 Å². The number of hydrogen-bond acceptors (Lipinski definition) is 9. The number of phenols is 1. The van der Waals surface area contributed by atoms with Crippen LogP contribution in [0.3, 0.4) is 0 Å². The Morgan fingerprint density at radius 3 is 2.38 bits per heavy atom. The molecular formula is C34H42N2O9S3. The number of thioether (sulfide) groups is 1. The van der Waals surface area contributed by atoms with Crippen molar-refractivity contribution in [3.05, 3.63) is 89.5 Å². The molecule has 0 saturated carbocycles. The Morgan fingerprint density at radius 1 is 1.04 bits per heavy atom. The molecule has 1 heterocycles. The van der Waals surface area contributed by atoms with Crippen LogP contribution in [0, 0.1) is 5.41 Å². The number of unbranched alkanes of at least 4 members (excludes halogenated alkanes) is 1. The summed E-state index contributed by atoms with van der Waals surface area (Å²) in [6, 6.07) is 18.7. The van der Waals surface area contributed by atoms with Crippen molar-refractivity contribution in [2.24, 2.45) is 5.41 Å². The molecule has 260 valence electrons. The number of hydrogen-bond donors (Lipinski definition) is 5. The monoisotopic (exact) mass is 718 g/mol. The van der Waals surface area contributed by atoms with Crippen LogP contribution < -0.4 is 10.6 Å². The van der Waals surface area contributed by atoms with Crippen LogP contribution in [-0.4, -0.2) is 73.3 Å². The van der Waals surface area contributed by atoms with E-state index in [0.29, 0.717) is 23.3 Å². The van der Waals surface area contributed by atoms with Crippen LogP contribution in [-0.2, 0) is 29.5 Å². The number of aliphatic hydroxyl groups excluding tert-OH is 1. The minimum atomic E-state index is -4.34. The highest BCUT2D eigenvalue weighted by atomic mass is 32.2. The number of rotatable bonds is 14. The highest BCUT2D eigenvalue weighted by molar-refractivity contribution is 8.00. The van der Waals surface area contributed by atoms with E-state index >= 15 is 0 Å². The lowest BCUT2D eigenvalue weighted by molar-refractivity contribution is -0.128. The molecule has 0 fully saturated rings. The van der Waals surface area contributed by atoms with Gasteiger partial charge >= 0.3 is 0 Å².